The van der Waals surface area contributed by atoms with Crippen molar-refractivity contribution < 1.29 is 13.2 Å². The Labute approximate surface area is 101 Å². The molecule has 88 valence electrons. The molecule has 1 fully saturated rings. The first-order valence-electron chi connectivity index (χ1n) is 5.26. The zero-order valence-electron chi connectivity index (χ0n) is 8.60. The maximum absolute atomic E-state index is 12.9. The minimum absolute atomic E-state index is 0.212. The van der Waals surface area contributed by atoms with Gasteiger partial charge in [-0.3, -0.25) is 0 Å². The Hall–Kier alpha value is -0.510. The smallest absolute Gasteiger partial charge is 0.171 e. The maximum Gasteiger partial charge on any atom is 0.393 e. The summed E-state index contributed by atoms with van der Waals surface area (Å²) in [6, 6.07) is 8.91. The highest BCUT2D eigenvalue weighted by molar-refractivity contribution is 9.09. The van der Waals surface area contributed by atoms with Crippen molar-refractivity contribution >= 4 is 15.9 Å². The van der Waals surface area contributed by atoms with Crippen molar-refractivity contribution in [2.45, 2.75) is 29.8 Å². The zero-order chi connectivity index (χ0) is 11.8. The van der Waals surface area contributed by atoms with Gasteiger partial charge in [0.25, 0.3) is 0 Å². The summed E-state index contributed by atoms with van der Waals surface area (Å²) in [7, 11) is 0. The van der Waals surface area contributed by atoms with Crippen LogP contribution in [0.15, 0.2) is 30.3 Å². The van der Waals surface area contributed by atoms with Crippen LogP contribution < -0.4 is 0 Å². The van der Waals surface area contributed by atoms with E-state index in [1.807, 2.05) is 6.07 Å². The summed E-state index contributed by atoms with van der Waals surface area (Å²) >= 11 is 3.34. The number of rotatable bonds is 1. The summed E-state index contributed by atoms with van der Waals surface area (Å²) in [6.07, 6.45) is -2.76. The first-order chi connectivity index (χ1) is 7.44. The lowest BCUT2D eigenvalue weighted by Crippen LogP contribution is -2.35. The monoisotopic (exact) mass is 292 g/mol. The Morgan fingerprint density at radius 1 is 1.19 bits per heavy atom. The maximum atomic E-state index is 12.9. The molecule has 0 saturated heterocycles. The van der Waals surface area contributed by atoms with Gasteiger partial charge in [0.15, 0.2) is 0 Å². The third kappa shape index (κ3) is 1.99. The van der Waals surface area contributed by atoms with E-state index in [-0.39, 0.29) is 6.42 Å². The van der Waals surface area contributed by atoms with Crippen molar-refractivity contribution in [2.75, 3.05) is 0 Å². The van der Waals surface area contributed by atoms with Crippen LogP contribution in [-0.4, -0.2) is 6.18 Å². The number of hydrogen-bond donors (Lipinski definition) is 0. The molecule has 1 saturated carbocycles. The quantitative estimate of drug-likeness (QED) is 0.662. The largest absolute Gasteiger partial charge is 0.393 e. The van der Waals surface area contributed by atoms with Crippen molar-refractivity contribution in [1.29, 1.82) is 0 Å². The Balaban J connectivity index is 2.37. The minimum atomic E-state index is -4.13. The fourth-order valence-corrected chi connectivity index (χ4v) is 3.48. The van der Waals surface area contributed by atoms with E-state index in [0.717, 1.165) is 5.56 Å². The van der Waals surface area contributed by atoms with E-state index >= 15 is 0 Å². The number of benzene rings is 1. The molecule has 1 aromatic rings. The molecule has 0 amide bonds. The SMILES string of the molecule is FC(F)(F)C1CCCC1(Br)c1ccccc1. The van der Waals surface area contributed by atoms with Gasteiger partial charge < -0.3 is 0 Å². The zero-order valence-corrected chi connectivity index (χ0v) is 10.2. The van der Waals surface area contributed by atoms with E-state index in [4.69, 9.17) is 0 Å². The van der Waals surface area contributed by atoms with E-state index in [0.29, 0.717) is 12.8 Å². The second kappa shape index (κ2) is 4.06. The van der Waals surface area contributed by atoms with Gasteiger partial charge in [0.1, 0.15) is 0 Å². The van der Waals surface area contributed by atoms with Gasteiger partial charge in [0, 0.05) is 0 Å². The van der Waals surface area contributed by atoms with Crippen LogP contribution in [0.5, 0.6) is 0 Å². The summed E-state index contributed by atoms with van der Waals surface area (Å²) in [6.45, 7) is 0. The predicted molar refractivity (Wildman–Crippen MR) is 60.4 cm³/mol. The molecule has 0 heterocycles. The van der Waals surface area contributed by atoms with Gasteiger partial charge in [0.05, 0.1) is 10.2 Å². The summed E-state index contributed by atoms with van der Waals surface area (Å²) in [5.41, 5.74) is 0.731. The summed E-state index contributed by atoms with van der Waals surface area (Å²) in [5, 5.41) is 0. The Morgan fingerprint density at radius 2 is 1.81 bits per heavy atom. The molecule has 0 aromatic heterocycles. The van der Waals surface area contributed by atoms with Gasteiger partial charge in [-0.05, 0) is 18.4 Å². The lowest BCUT2D eigenvalue weighted by Gasteiger charge is -2.31. The van der Waals surface area contributed by atoms with Gasteiger partial charge in [0.2, 0.25) is 0 Å². The average Bonchev–Trinajstić information content (AvgIpc) is 2.63. The molecule has 2 rings (SSSR count). The van der Waals surface area contributed by atoms with Gasteiger partial charge in [-0.2, -0.15) is 13.2 Å². The number of hydrogen-bond acceptors (Lipinski definition) is 0. The van der Waals surface area contributed by atoms with Crippen molar-refractivity contribution in [3.8, 4) is 0 Å². The molecule has 2 unspecified atom stereocenters. The second-order valence-electron chi connectivity index (χ2n) is 4.21. The van der Waals surface area contributed by atoms with Crippen molar-refractivity contribution in [3.63, 3.8) is 0 Å². The molecule has 0 N–H and O–H groups in total. The van der Waals surface area contributed by atoms with Gasteiger partial charge in [-0.1, -0.05) is 52.7 Å². The molecule has 2 atom stereocenters. The van der Waals surface area contributed by atoms with Crippen LogP contribution in [0.3, 0.4) is 0 Å². The highest BCUT2D eigenvalue weighted by atomic mass is 79.9. The minimum Gasteiger partial charge on any atom is -0.171 e. The Bertz CT molecular complexity index is 360. The molecule has 0 spiro atoms. The van der Waals surface area contributed by atoms with Gasteiger partial charge >= 0.3 is 6.18 Å². The van der Waals surface area contributed by atoms with E-state index in [1.54, 1.807) is 24.3 Å². The van der Waals surface area contributed by atoms with Crippen LogP contribution in [0, 0.1) is 5.92 Å². The second-order valence-corrected chi connectivity index (χ2v) is 5.63. The van der Waals surface area contributed by atoms with Crippen LogP contribution >= 0.6 is 15.9 Å². The molecule has 1 aromatic carbocycles. The standard InChI is InChI=1S/C12H12BrF3/c13-11(9-5-2-1-3-6-9)8-4-7-10(11)12(14,15)16/h1-3,5-6,10H,4,7-8H2. The van der Waals surface area contributed by atoms with Crippen LogP contribution in [0.4, 0.5) is 13.2 Å². The molecular formula is C12H12BrF3. The Morgan fingerprint density at radius 3 is 2.38 bits per heavy atom. The van der Waals surface area contributed by atoms with E-state index in [9.17, 15) is 13.2 Å². The molecule has 0 radical (unpaired) electrons. The molecular weight excluding hydrogens is 281 g/mol. The highest BCUT2D eigenvalue weighted by Crippen LogP contribution is 2.56. The van der Waals surface area contributed by atoms with E-state index in [1.165, 1.54) is 0 Å². The van der Waals surface area contributed by atoms with Gasteiger partial charge in [-0.25, -0.2) is 0 Å². The van der Waals surface area contributed by atoms with Crippen LogP contribution in [0.2, 0.25) is 0 Å². The normalized spacial score (nSPS) is 30.6. The van der Waals surface area contributed by atoms with E-state index in [2.05, 4.69) is 15.9 Å². The third-order valence-electron chi connectivity index (χ3n) is 3.23. The molecule has 4 heteroatoms. The summed E-state index contributed by atoms with van der Waals surface area (Å²) in [5.74, 6) is -1.28. The van der Waals surface area contributed by atoms with E-state index < -0.39 is 16.4 Å². The molecule has 1 aliphatic carbocycles. The number of alkyl halides is 4. The molecule has 0 aliphatic heterocycles. The van der Waals surface area contributed by atoms with Crippen molar-refractivity contribution in [3.05, 3.63) is 35.9 Å². The van der Waals surface area contributed by atoms with Crippen LogP contribution in [0.25, 0.3) is 0 Å². The number of halogens is 4. The topological polar surface area (TPSA) is 0 Å². The van der Waals surface area contributed by atoms with Gasteiger partial charge in [-0.15, -0.1) is 0 Å². The molecule has 0 nitrogen and oxygen atoms in total. The van der Waals surface area contributed by atoms with Crippen molar-refractivity contribution in [2.24, 2.45) is 5.92 Å². The molecule has 1 aliphatic rings. The summed E-state index contributed by atoms with van der Waals surface area (Å²) < 4.78 is 37.8. The van der Waals surface area contributed by atoms with Crippen LogP contribution in [0.1, 0.15) is 24.8 Å². The molecule has 0 bridgehead atoms. The van der Waals surface area contributed by atoms with Crippen LogP contribution in [-0.2, 0) is 4.32 Å². The predicted octanol–water partition coefficient (Wildman–Crippen LogP) is 4.64. The Kier molecular flexibility index (Phi) is 3.03. The first kappa shape index (κ1) is 12.0. The third-order valence-corrected chi connectivity index (χ3v) is 4.64. The highest BCUT2D eigenvalue weighted by Gasteiger charge is 2.55. The lowest BCUT2D eigenvalue weighted by molar-refractivity contribution is -0.179. The lowest BCUT2D eigenvalue weighted by atomic mass is 9.88. The fraction of sp³-hybridized carbons (Fsp3) is 0.500. The molecule has 16 heavy (non-hydrogen) atoms. The first-order valence-corrected chi connectivity index (χ1v) is 6.05. The summed E-state index contributed by atoms with van der Waals surface area (Å²) in [4.78, 5) is 0. The fourth-order valence-electron chi connectivity index (χ4n) is 2.45. The van der Waals surface area contributed by atoms with Crippen molar-refractivity contribution in [1.82, 2.24) is 0 Å². The average molecular weight is 293 g/mol.